The molecule has 0 unspecified atom stereocenters. The van der Waals surface area contributed by atoms with E-state index in [0.29, 0.717) is 28.8 Å². The van der Waals surface area contributed by atoms with Crippen molar-refractivity contribution in [3.8, 4) is 11.7 Å². The minimum Gasteiger partial charge on any atom is -0.447 e. The zero-order valence-electron chi connectivity index (χ0n) is 14.0. The quantitative estimate of drug-likeness (QED) is 0.576. The fourth-order valence-electron chi connectivity index (χ4n) is 3.33. The van der Waals surface area contributed by atoms with E-state index in [1.54, 1.807) is 19.3 Å². The number of benzene rings is 1. The van der Waals surface area contributed by atoms with Crippen LogP contribution in [0.3, 0.4) is 0 Å². The van der Waals surface area contributed by atoms with E-state index in [1.807, 2.05) is 18.2 Å². The van der Waals surface area contributed by atoms with Gasteiger partial charge in [0.15, 0.2) is 11.4 Å². The number of aryl methyl sites for hydroxylation is 2. The Morgan fingerprint density at radius 1 is 1.19 bits per heavy atom. The van der Waals surface area contributed by atoms with Gasteiger partial charge in [-0.05, 0) is 49.1 Å². The van der Waals surface area contributed by atoms with Gasteiger partial charge in [0.2, 0.25) is 5.76 Å². The Morgan fingerprint density at radius 3 is 2.96 bits per heavy atom. The molecule has 2 N–H and O–H groups in total. The summed E-state index contributed by atoms with van der Waals surface area (Å²) in [4.78, 5) is 8.40. The molecule has 3 aromatic heterocycles. The van der Waals surface area contributed by atoms with Crippen molar-refractivity contribution in [2.45, 2.75) is 19.8 Å². The Balaban J connectivity index is 1.63. The van der Waals surface area contributed by atoms with Crippen LogP contribution in [0.25, 0.3) is 22.6 Å². The molecule has 7 nitrogen and oxygen atoms in total. The van der Waals surface area contributed by atoms with Crippen molar-refractivity contribution in [1.29, 1.82) is 5.41 Å². The predicted octanol–water partition coefficient (Wildman–Crippen LogP) is 4.24. The van der Waals surface area contributed by atoms with Crippen molar-refractivity contribution in [3.63, 3.8) is 0 Å². The van der Waals surface area contributed by atoms with Gasteiger partial charge >= 0.3 is 0 Å². The molecule has 0 fully saturated rings. The Kier molecular flexibility index (Phi) is 3.15. The molecule has 0 aliphatic heterocycles. The van der Waals surface area contributed by atoms with E-state index in [1.165, 1.54) is 5.56 Å². The normalized spacial score (nSPS) is 13.3. The van der Waals surface area contributed by atoms with Crippen LogP contribution in [0.2, 0.25) is 0 Å². The number of nitrogens with one attached hydrogen (secondary N) is 2. The summed E-state index contributed by atoms with van der Waals surface area (Å²) in [5.74, 6) is 1.35. The lowest BCUT2D eigenvalue weighted by Crippen LogP contribution is -1.95. The molecule has 7 heteroatoms. The average molecular weight is 345 g/mol. The van der Waals surface area contributed by atoms with E-state index in [2.05, 4.69) is 26.5 Å². The van der Waals surface area contributed by atoms with Gasteiger partial charge in [-0.2, -0.15) is 4.98 Å². The third-order valence-electron chi connectivity index (χ3n) is 4.56. The van der Waals surface area contributed by atoms with Crippen LogP contribution in [-0.4, -0.2) is 20.8 Å². The van der Waals surface area contributed by atoms with Gasteiger partial charge in [-0.15, -0.1) is 0 Å². The van der Waals surface area contributed by atoms with Crippen LogP contribution in [0, 0.1) is 12.3 Å². The van der Waals surface area contributed by atoms with E-state index < -0.39 is 0 Å². The van der Waals surface area contributed by atoms with E-state index in [4.69, 9.17) is 14.3 Å². The summed E-state index contributed by atoms with van der Waals surface area (Å²) in [5.41, 5.74) is 5.25. The van der Waals surface area contributed by atoms with Crippen LogP contribution < -0.4 is 5.32 Å². The molecule has 0 spiro atoms. The first-order valence-corrected chi connectivity index (χ1v) is 8.34. The minimum atomic E-state index is 0.323. The first-order chi connectivity index (χ1) is 12.7. The number of anilines is 2. The topological polar surface area (TPSA) is 101 Å². The number of aromatic nitrogens is 3. The lowest BCUT2D eigenvalue weighted by Gasteiger charge is -2.08. The maximum atomic E-state index is 7.98. The van der Waals surface area contributed by atoms with E-state index in [0.717, 1.165) is 35.2 Å². The number of pyridine rings is 1. The molecule has 4 aromatic rings. The van der Waals surface area contributed by atoms with Gasteiger partial charge in [0.1, 0.15) is 0 Å². The number of hydrogen-bond donors (Lipinski definition) is 2. The Labute approximate surface area is 148 Å². The standard InChI is InChI=1S/C19H15N5O2/c1-10-22-19(26-24-10)18-17(14-6-7-21-9-16(14)25-18)23-12-3-4-13-11(8-12)2-5-15(13)20/h3-4,6-9,20,23H,2,5H2,1H3. The number of fused-ring (bicyclic) bond motifs is 2. The van der Waals surface area contributed by atoms with Gasteiger partial charge in [-0.3, -0.25) is 4.98 Å². The minimum absolute atomic E-state index is 0.323. The Morgan fingerprint density at radius 2 is 2.12 bits per heavy atom. The monoisotopic (exact) mass is 345 g/mol. The molecular weight excluding hydrogens is 330 g/mol. The van der Waals surface area contributed by atoms with Gasteiger partial charge in [-0.1, -0.05) is 11.2 Å². The molecule has 0 saturated heterocycles. The molecule has 128 valence electrons. The summed E-state index contributed by atoms with van der Waals surface area (Å²) in [7, 11) is 0. The number of rotatable bonds is 3. The second-order valence-electron chi connectivity index (χ2n) is 6.30. The van der Waals surface area contributed by atoms with Crippen LogP contribution in [-0.2, 0) is 6.42 Å². The number of furan rings is 1. The lowest BCUT2D eigenvalue weighted by molar-refractivity contribution is 0.414. The molecule has 0 radical (unpaired) electrons. The van der Waals surface area contributed by atoms with Crippen LogP contribution in [0.15, 0.2) is 45.6 Å². The first-order valence-electron chi connectivity index (χ1n) is 8.34. The molecule has 5 rings (SSSR count). The van der Waals surface area contributed by atoms with E-state index >= 15 is 0 Å². The highest BCUT2D eigenvalue weighted by atomic mass is 16.5. The van der Waals surface area contributed by atoms with E-state index in [-0.39, 0.29) is 0 Å². The largest absolute Gasteiger partial charge is 0.447 e. The summed E-state index contributed by atoms with van der Waals surface area (Å²) in [6, 6.07) is 7.94. The van der Waals surface area contributed by atoms with Crippen molar-refractivity contribution in [2.75, 3.05) is 5.32 Å². The van der Waals surface area contributed by atoms with Crippen LogP contribution in [0.4, 0.5) is 11.4 Å². The molecule has 1 aliphatic carbocycles. The summed E-state index contributed by atoms with van der Waals surface area (Å²) in [6.07, 6.45) is 5.08. The maximum absolute atomic E-state index is 7.98. The third kappa shape index (κ3) is 2.28. The smallest absolute Gasteiger partial charge is 0.295 e. The van der Waals surface area contributed by atoms with Crippen molar-refractivity contribution in [1.82, 2.24) is 15.1 Å². The van der Waals surface area contributed by atoms with Gasteiger partial charge in [0, 0.05) is 23.0 Å². The highest BCUT2D eigenvalue weighted by Crippen LogP contribution is 2.39. The highest BCUT2D eigenvalue weighted by Gasteiger charge is 2.22. The lowest BCUT2D eigenvalue weighted by atomic mass is 10.1. The highest BCUT2D eigenvalue weighted by molar-refractivity contribution is 6.03. The van der Waals surface area contributed by atoms with Crippen molar-refractivity contribution in [3.05, 3.63) is 53.6 Å². The van der Waals surface area contributed by atoms with Gasteiger partial charge in [0.05, 0.1) is 11.9 Å². The Bertz CT molecular complexity index is 1160. The van der Waals surface area contributed by atoms with E-state index in [9.17, 15) is 0 Å². The molecule has 0 bridgehead atoms. The second kappa shape index (κ2) is 5.52. The molecule has 1 aromatic carbocycles. The summed E-state index contributed by atoms with van der Waals surface area (Å²) in [6.45, 7) is 1.76. The predicted molar refractivity (Wildman–Crippen MR) is 96.9 cm³/mol. The molecule has 0 saturated carbocycles. The SMILES string of the molecule is Cc1noc(-c2oc3cnccc3c2Nc2ccc3c(c2)CCC3=N)n1. The Hall–Kier alpha value is -3.48. The molecular formula is C19H15N5O2. The first kappa shape index (κ1) is 14.8. The fraction of sp³-hybridized carbons (Fsp3) is 0.158. The average Bonchev–Trinajstić information content (AvgIpc) is 3.33. The molecule has 26 heavy (non-hydrogen) atoms. The summed E-state index contributed by atoms with van der Waals surface area (Å²) < 4.78 is 11.2. The van der Waals surface area contributed by atoms with Crippen LogP contribution in [0.5, 0.6) is 0 Å². The molecule has 0 atom stereocenters. The fourth-order valence-corrected chi connectivity index (χ4v) is 3.33. The number of nitrogens with zero attached hydrogens (tertiary/aromatic N) is 3. The molecule has 3 heterocycles. The van der Waals surface area contributed by atoms with Crippen molar-refractivity contribution in [2.24, 2.45) is 0 Å². The van der Waals surface area contributed by atoms with Gasteiger partial charge < -0.3 is 19.7 Å². The summed E-state index contributed by atoms with van der Waals surface area (Å²) in [5, 5.41) is 16.2. The van der Waals surface area contributed by atoms with Crippen LogP contribution in [0.1, 0.15) is 23.4 Å². The molecule has 1 aliphatic rings. The maximum Gasteiger partial charge on any atom is 0.295 e. The second-order valence-corrected chi connectivity index (χ2v) is 6.30. The zero-order chi connectivity index (χ0) is 17.7. The van der Waals surface area contributed by atoms with Crippen molar-refractivity contribution < 1.29 is 8.94 Å². The van der Waals surface area contributed by atoms with Crippen molar-refractivity contribution >= 4 is 28.1 Å². The number of hydrogen-bond acceptors (Lipinski definition) is 7. The van der Waals surface area contributed by atoms with Crippen LogP contribution >= 0.6 is 0 Å². The zero-order valence-corrected chi connectivity index (χ0v) is 14.0. The van der Waals surface area contributed by atoms with Gasteiger partial charge in [0.25, 0.3) is 5.89 Å². The molecule has 0 amide bonds. The van der Waals surface area contributed by atoms with Gasteiger partial charge in [-0.25, -0.2) is 0 Å². The third-order valence-corrected chi connectivity index (χ3v) is 4.56. The summed E-state index contributed by atoms with van der Waals surface area (Å²) >= 11 is 0.